The molecule has 1 aliphatic carbocycles. The van der Waals surface area contributed by atoms with E-state index in [2.05, 4.69) is 6.92 Å². The number of hydrogen-bond donors (Lipinski definition) is 0. The van der Waals surface area contributed by atoms with Crippen molar-refractivity contribution in [3.05, 3.63) is 0 Å². The molecule has 0 amide bonds. The second-order valence-corrected chi connectivity index (χ2v) is 5.75. The van der Waals surface area contributed by atoms with Crippen molar-refractivity contribution in [2.75, 3.05) is 12.4 Å². The van der Waals surface area contributed by atoms with Crippen molar-refractivity contribution in [3.63, 3.8) is 0 Å². The molecule has 16 heavy (non-hydrogen) atoms. The first kappa shape index (κ1) is 13.9. The van der Waals surface area contributed by atoms with Crippen LogP contribution in [0.3, 0.4) is 0 Å². The standard InChI is InChI=1S/C13H24O2S/c1-3-7-12(13(14)15-4-2)16-10-11-8-5-6-9-11/h11-12H,3-10H2,1-2H3. The Labute approximate surface area is 104 Å². The third-order valence-corrected chi connectivity index (χ3v) is 4.60. The topological polar surface area (TPSA) is 26.3 Å². The van der Waals surface area contributed by atoms with Crippen LogP contribution >= 0.6 is 11.8 Å². The van der Waals surface area contributed by atoms with Gasteiger partial charge >= 0.3 is 5.97 Å². The fourth-order valence-corrected chi connectivity index (χ4v) is 3.64. The van der Waals surface area contributed by atoms with Gasteiger partial charge < -0.3 is 4.74 Å². The number of carbonyl (C=O) groups is 1. The normalized spacial score (nSPS) is 18.6. The highest BCUT2D eigenvalue weighted by Crippen LogP contribution is 2.30. The van der Waals surface area contributed by atoms with Crippen LogP contribution in [0.2, 0.25) is 0 Å². The van der Waals surface area contributed by atoms with Gasteiger partial charge in [-0.2, -0.15) is 0 Å². The summed E-state index contributed by atoms with van der Waals surface area (Å²) in [6.45, 7) is 4.51. The van der Waals surface area contributed by atoms with Crippen molar-refractivity contribution >= 4 is 17.7 Å². The van der Waals surface area contributed by atoms with E-state index in [4.69, 9.17) is 4.74 Å². The first-order valence-electron chi connectivity index (χ1n) is 6.56. The molecular formula is C13H24O2S. The molecule has 3 heteroatoms. The predicted octanol–water partition coefficient (Wildman–Crippen LogP) is 3.64. The van der Waals surface area contributed by atoms with E-state index in [1.54, 1.807) is 0 Å². The lowest BCUT2D eigenvalue weighted by Gasteiger charge is -2.16. The van der Waals surface area contributed by atoms with Crippen molar-refractivity contribution < 1.29 is 9.53 Å². The maximum Gasteiger partial charge on any atom is 0.319 e. The Kier molecular flexibility index (Phi) is 6.93. The summed E-state index contributed by atoms with van der Waals surface area (Å²) in [6.07, 6.45) is 7.48. The summed E-state index contributed by atoms with van der Waals surface area (Å²) in [5.74, 6) is 1.98. The molecule has 0 aliphatic heterocycles. The largest absolute Gasteiger partial charge is 0.465 e. The van der Waals surface area contributed by atoms with Crippen molar-refractivity contribution in [3.8, 4) is 0 Å². The SMILES string of the molecule is CCCC(SCC1CCCC1)C(=O)OCC. The smallest absolute Gasteiger partial charge is 0.319 e. The Hall–Kier alpha value is -0.180. The Balaban J connectivity index is 2.28. The highest BCUT2D eigenvalue weighted by Gasteiger charge is 2.22. The van der Waals surface area contributed by atoms with E-state index >= 15 is 0 Å². The molecule has 0 bridgehead atoms. The molecule has 0 saturated heterocycles. The summed E-state index contributed by atoms with van der Waals surface area (Å²) >= 11 is 1.82. The van der Waals surface area contributed by atoms with E-state index in [1.165, 1.54) is 25.7 Å². The predicted molar refractivity (Wildman–Crippen MR) is 69.7 cm³/mol. The fourth-order valence-electron chi connectivity index (χ4n) is 2.20. The Morgan fingerprint density at radius 3 is 2.62 bits per heavy atom. The zero-order valence-electron chi connectivity index (χ0n) is 10.5. The average Bonchev–Trinajstić information content (AvgIpc) is 2.77. The second-order valence-electron chi connectivity index (χ2n) is 4.51. The first-order chi connectivity index (χ1) is 7.77. The molecule has 1 fully saturated rings. The number of rotatable bonds is 7. The van der Waals surface area contributed by atoms with Gasteiger partial charge in [-0.25, -0.2) is 0 Å². The molecule has 1 atom stereocenters. The van der Waals surface area contributed by atoms with Crippen LogP contribution in [0.4, 0.5) is 0 Å². The third kappa shape index (κ3) is 4.77. The molecular weight excluding hydrogens is 220 g/mol. The first-order valence-corrected chi connectivity index (χ1v) is 7.61. The van der Waals surface area contributed by atoms with E-state index in [-0.39, 0.29) is 11.2 Å². The molecule has 0 aromatic carbocycles. The summed E-state index contributed by atoms with van der Waals surface area (Å²) < 4.78 is 5.11. The van der Waals surface area contributed by atoms with E-state index in [0.29, 0.717) is 6.61 Å². The van der Waals surface area contributed by atoms with Gasteiger partial charge in [0.2, 0.25) is 0 Å². The highest BCUT2D eigenvalue weighted by atomic mass is 32.2. The molecule has 94 valence electrons. The fraction of sp³-hybridized carbons (Fsp3) is 0.923. The quantitative estimate of drug-likeness (QED) is 0.640. The van der Waals surface area contributed by atoms with Gasteiger partial charge in [-0.05, 0) is 37.9 Å². The molecule has 0 radical (unpaired) electrons. The zero-order chi connectivity index (χ0) is 11.8. The van der Waals surface area contributed by atoms with E-state index in [9.17, 15) is 4.79 Å². The molecule has 0 aromatic rings. The van der Waals surface area contributed by atoms with Crippen molar-refractivity contribution in [2.24, 2.45) is 5.92 Å². The third-order valence-electron chi connectivity index (χ3n) is 3.11. The van der Waals surface area contributed by atoms with Gasteiger partial charge in [0.05, 0.1) is 6.61 Å². The Morgan fingerprint density at radius 1 is 1.38 bits per heavy atom. The molecule has 0 spiro atoms. The number of esters is 1. The van der Waals surface area contributed by atoms with Gasteiger partial charge in [-0.15, -0.1) is 11.8 Å². The van der Waals surface area contributed by atoms with Gasteiger partial charge in [-0.1, -0.05) is 26.2 Å². The lowest BCUT2D eigenvalue weighted by molar-refractivity contribution is -0.142. The van der Waals surface area contributed by atoms with Crippen molar-refractivity contribution in [1.29, 1.82) is 0 Å². The van der Waals surface area contributed by atoms with Gasteiger partial charge in [0.1, 0.15) is 5.25 Å². The molecule has 2 nitrogen and oxygen atoms in total. The molecule has 0 aromatic heterocycles. The van der Waals surface area contributed by atoms with Gasteiger partial charge in [0.15, 0.2) is 0 Å². The van der Waals surface area contributed by atoms with Crippen LogP contribution in [-0.2, 0) is 9.53 Å². The molecule has 0 N–H and O–H groups in total. The maximum absolute atomic E-state index is 11.7. The minimum absolute atomic E-state index is 0.00709. The number of hydrogen-bond acceptors (Lipinski definition) is 3. The van der Waals surface area contributed by atoms with Crippen molar-refractivity contribution in [2.45, 2.75) is 57.6 Å². The van der Waals surface area contributed by atoms with E-state index in [1.807, 2.05) is 18.7 Å². The van der Waals surface area contributed by atoms with Crippen molar-refractivity contribution in [1.82, 2.24) is 0 Å². The van der Waals surface area contributed by atoms with Crippen LogP contribution in [0.15, 0.2) is 0 Å². The summed E-state index contributed by atoms with van der Waals surface area (Å²) in [6, 6.07) is 0. The summed E-state index contributed by atoms with van der Waals surface area (Å²) in [5, 5.41) is 0.0746. The summed E-state index contributed by atoms with van der Waals surface area (Å²) in [5.41, 5.74) is 0. The maximum atomic E-state index is 11.7. The van der Waals surface area contributed by atoms with Crippen LogP contribution in [0, 0.1) is 5.92 Å². The number of ether oxygens (including phenoxy) is 1. The van der Waals surface area contributed by atoms with Gasteiger partial charge in [-0.3, -0.25) is 4.79 Å². The van der Waals surface area contributed by atoms with Crippen LogP contribution in [0.25, 0.3) is 0 Å². The zero-order valence-corrected chi connectivity index (χ0v) is 11.4. The van der Waals surface area contributed by atoms with Crippen LogP contribution in [0.5, 0.6) is 0 Å². The van der Waals surface area contributed by atoms with Crippen LogP contribution in [-0.4, -0.2) is 23.6 Å². The minimum atomic E-state index is -0.00709. The summed E-state index contributed by atoms with van der Waals surface area (Å²) in [7, 11) is 0. The Morgan fingerprint density at radius 2 is 2.06 bits per heavy atom. The molecule has 1 aliphatic rings. The van der Waals surface area contributed by atoms with E-state index < -0.39 is 0 Å². The number of carbonyl (C=O) groups excluding carboxylic acids is 1. The van der Waals surface area contributed by atoms with Crippen LogP contribution < -0.4 is 0 Å². The minimum Gasteiger partial charge on any atom is -0.465 e. The van der Waals surface area contributed by atoms with Crippen LogP contribution in [0.1, 0.15) is 52.4 Å². The molecule has 1 saturated carbocycles. The molecule has 1 rings (SSSR count). The second kappa shape index (κ2) is 7.99. The monoisotopic (exact) mass is 244 g/mol. The lowest BCUT2D eigenvalue weighted by atomic mass is 10.1. The van der Waals surface area contributed by atoms with Gasteiger partial charge in [0.25, 0.3) is 0 Å². The summed E-state index contributed by atoms with van der Waals surface area (Å²) in [4.78, 5) is 11.7. The number of thioether (sulfide) groups is 1. The Bertz CT molecular complexity index is 200. The highest BCUT2D eigenvalue weighted by molar-refractivity contribution is 8.00. The molecule has 0 heterocycles. The average molecular weight is 244 g/mol. The lowest BCUT2D eigenvalue weighted by Crippen LogP contribution is -2.21. The van der Waals surface area contributed by atoms with Gasteiger partial charge in [0, 0.05) is 0 Å². The molecule has 1 unspecified atom stereocenters. The van der Waals surface area contributed by atoms with E-state index in [0.717, 1.165) is 24.5 Å².